The summed E-state index contributed by atoms with van der Waals surface area (Å²) in [4.78, 5) is 55.6. The summed E-state index contributed by atoms with van der Waals surface area (Å²) in [6.45, 7) is 3.10. The van der Waals surface area contributed by atoms with Gasteiger partial charge in [-0.15, -0.1) is 0 Å². The van der Waals surface area contributed by atoms with Crippen LogP contribution in [0.3, 0.4) is 0 Å². The van der Waals surface area contributed by atoms with Crippen molar-refractivity contribution in [1.82, 2.24) is 0 Å². The van der Waals surface area contributed by atoms with Gasteiger partial charge in [-0.1, -0.05) is 110 Å². The number of hydrogen-bond acceptors (Lipinski definition) is 11. The molecule has 1 aliphatic rings. The Morgan fingerprint density at radius 3 is 1.54 bits per heavy atom. The van der Waals surface area contributed by atoms with Crippen LogP contribution in [0.25, 0.3) is 0 Å². The Morgan fingerprint density at radius 1 is 0.574 bits per heavy atom. The molecule has 0 saturated carbocycles. The lowest BCUT2D eigenvalue weighted by molar-refractivity contribution is -0.310. The van der Waals surface area contributed by atoms with Gasteiger partial charge in [0, 0.05) is 18.2 Å². The minimum atomic E-state index is -1.81. The number of nitrogens with two attached hydrogens (primary N) is 1. The van der Waals surface area contributed by atoms with Gasteiger partial charge in [0.15, 0.2) is 12.2 Å². The van der Waals surface area contributed by atoms with Crippen molar-refractivity contribution in [2.24, 2.45) is 0 Å². The van der Waals surface area contributed by atoms with Gasteiger partial charge in [0.1, 0.15) is 18.0 Å². The number of carbonyl (C=O) groups excluding carboxylic acids is 4. The highest BCUT2D eigenvalue weighted by Crippen LogP contribution is 2.39. The first-order valence-electron chi connectivity index (χ1n) is 19.9. The minimum absolute atomic E-state index is 0.164. The second kappa shape index (κ2) is 19.2. The lowest BCUT2D eigenvalue weighted by Crippen LogP contribution is -2.68. The van der Waals surface area contributed by atoms with E-state index in [0.29, 0.717) is 17.7 Å². The maximum atomic E-state index is 14.1. The molecular formula is C50H45NO10. The highest BCUT2D eigenvalue weighted by atomic mass is 16.7. The highest BCUT2D eigenvalue weighted by molar-refractivity contribution is 5.91. The number of esters is 4. The van der Waals surface area contributed by atoms with Crippen molar-refractivity contribution >= 4 is 29.6 Å². The number of benzene rings is 6. The second-order valence-electron chi connectivity index (χ2n) is 14.7. The Hall–Kier alpha value is -7.24. The fraction of sp³-hybridized carbons (Fsp3) is 0.200. The summed E-state index contributed by atoms with van der Waals surface area (Å²) >= 11 is 0. The van der Waals surface area contributed by atoms with Gasteiger partial charge < -0.3 is 34.2 Å². The molecule has 0 aliphatic carbocycles. The van der Waals surface area contributed by atoms with Crippen molar-refractivity contribution in [3.8, 4) is 5.75 Å². The zero-order chi connectivity index (χ0) is 42.8. The molecule has 5 atom stereocenters. The van der Waals surface area contributed by atoms with Crippen LogP contribution in [-0.4, -0.2) is 60.7 Å². The molecule has 1 fully saturated rings. The standard InChI is InChI=1S/C50H45NO10/c1-3-33-24-26-34(27-25-33)30-39-28-29-40(51)31-41(39)57-49-43(59-47(54)37-20-12-6-13-21-37)42(58-46(53)36-18-10-5-11-19-36)44(60-48(55)38-22-14-7-15-23-38)50(2,61-49)32-56-45(52)35-16-8-4-9-17-35/h4-29,31,42-44,49H,3,30,32,51H2,1-2H3/t42-,43-,44+,49+,50-/m1/s1. The van der Waals surface area contributed by atoms with E-state index in [1.54, 1.807) is 140 Å². The molecule has 0 amide bonds. The molecule has 0 aromatic heterocycles. The molecule has 0 unspecified atom stereocenters. The monoisotopic (exact) mass is 819 g/mol. The molecular weight excluding hydrogens is 775 g/mol. The van der Waals surface area contributed by atoms with E-state index in [1.165, 1.54) is 5.56 Å². The molecule has 1 heterocycles. The Labute approximate surface area is 353 Å². The van der Waals surface area contributed by atoms with Crippen LogP contribution in [0.2, 0.25) is 0 Å². The van der Waals surface area contributed by atoms with Crippen LogP contribution in [0, 0.1) is 0 Å². The summed E-state index contributed by atoms with van der Waals surface area (Å²) in [6, 6.07) is 46.2. The molecule has 1 saturated heterocycles. The first kappa shape index (κ1) is 41.9. The number of ether oxygens (including phenoxy) is 6. The lowest BCUT2D eigenvalue weighted by Gasteiger charge is -2.49. The van der Waals surface area contributed by atoms with Crippen LogP contribution >= 0.6 is 0 Å². The maximum absolute atomic E-state index is 14.1. The number of rotatable bonds is 14. The largest absolute Gasteiger partial charge is 0.460 e. The molecule has 0 spiro atoms. The van der Waals surface area contributed by atoms with Gasteiger partial charge >= 0.3 is 23.9 Å². The molecule has 0 radical (unpaired) electrons. The molecule has 1 aliphatic heterocycles. The SMILES string of the molecule is CCc1ccc(Cc2ccc(N)cc2O[C@H]2O[C@](C)(COC(=O)c3ccccc3)[C@@H](OC(=O)c3ccccc3)[C@H](OC(=O)c3ccccc3)[C@H]2OC(=O)c2ccccc2)cc1. The number of carbonyl (C=O) groups is 4. The Balaban J connectivity index is 1.35. The van der Waals surface area contributed by atoms with Gasteiger partial charge in [0.25, 0.3) is 0 Å². The number of nitrogen functional groups attached to an aromatic ring is 1. The fourth-order valence-corrected chi connectivity index (χ4v) is 6.95. The minimum Gasteiger partial charge on any atom is -0.460 e. The maximum Gasteiger partial charge on any atom is 0.338 e. The Morgan fingerprint density at radius 2 is 1.03 bits per heavy atom. The second-order valence-corrected chi connectivity index (χ2v) is 14.7. The first-order valence-corrected chi connectivity index (χ1v) is 19.9. The summed E-state index contributed by atoms with van der Waals surface area (Å²) in [5.41, 5.74) is 8.56. The van der Waals surface area contributed by atoms with Crippen LogP contribution in [0.1, 0.15) is 72.0 Å². The van der Waals surface area contributed by atoms with Crippen molar-refractivity contribution < 1.29 is 47.6 Å². The van der Waals surface area contributed by atoms with Gasteiger partial charge in [-0.05, 0) is 84.6 Å². The van der Waals surface area contributed by atoms with E-state index in [9.17, 15) is 19.2 Å². The first-order chi connectivity index (χ1) is 29.6. The zero-order valence-electron chi connectivity index (χ0n) is 33.7. The number of hydrogen-bond donors (Lipinski definition) is 1. The quantitative estimate of drug-likeness (QED) is 0.0641. The molecule has 7 rings (SSSR count). The van der Waals surface area contributed by atoms with E-state index in [-0.39, 0.29) is 28.0 Å². The number of anilines is 1. The average Bonchev–Trinajstić information content (AvgIpc) is 3.30. The average molecular weight is 820 g/mol. The van der Waals surface area contributed by atoms with Gasteiger partial charge in [0.2, 0.25) is 12.4 Å². The highest BCUT2D eigenvalue weighted by Gasteiger charge is 2.60. The van der Waals surface area contributed by atoms with Crippen LogP contribution < -0.4 is 10.5 Å². The van der Waals surface area contributed by atoms with Crippen molar-refractivity contribution in [1.29, 1.82) is 0 Å². The number of aryl methyl sites for hydroxylation is 1. The van der Waals surface area contributed by atoms with E-state index in [0.717, 1.165) is 12.0 Å². The van der Waals surface area contributed by atoms with E-state index in [4.69, 9.17) is 34.2 Å². The molecule has 0 bridgehead atoms. The molecule has 310 valence electrons. The normalized spacial score (nSPS) is 19.5. The topological polar surface area (TPSA) is 150 Å². The van der Waals surface area contributed by atoms with E-state index in [1.807, 2.05) is 18.2 Å². The van der Waals surface area contributed by atoms with Gasteiger partial charge in [-0.25, -0.2) is 19.2 Å². The van der Waals surface area contributed by atoms with Crippen LogP contribution in [0.4, 0.5) is 5.69 Å². The van der Waals surface area contributed by atoms with Crippen molar-refractivity contribution in [2.45, 2.75) is 56.9 Å². The van der Waals surface area contributed by atoms with Crippen LogP contribution in [0.5, 0.6) is 5.75 Å². The Kier molecular flexibility index (Phi) is 13.2. The van der Waals surface area contributed by atoms with Gasteiger partial charge in [-0.3, -0.25) is 0 Å². The van der Waals surface area contributed by atoms with Crippen LogP contribution in [-0.2, 0) is 36.5 Å². The van der Waals surface area contributed by atoms with E-state index >= 15 is 0 Å². The van der Waals surface area contributed by atoms with Crippen molar-refractivity contribution in [3.63, 3.8) is 0 Å². The third-order valence-electron chi connectivity index (χ3n) is 10.3. The molecule has 11 nitrogen and oxygen atoms in total. The van der Waals surface area contributed by atoms with Gasteiger partial charge in [-0.2, -0.15) is 0 Å². The van der Waals surface area contributed by atoms with Crippen molar-refractivity contribution in [3.05, 3.63) is 203 Å². The zero-order valence-corrected chi connectivity index (χ0v) is 33.7. The summed E-state index contributed by atoms with van der Waals surface area (Å²) in [7, 11) is 0. The summed E-state index contributed by atoms with van der Waals surface area (Å²) in [6.07, 6.45) is -5.03. The van der Waals surface area contributed by atoms with E-state index < -0.39 is 60.7 Å². The summed E-state index contributed by atoms with van der Waals surface area (Å²) in [5, 5.41) is 0. The van der Waals surface area contributed by atoms with Crippen molar-refractivity contribution in [2.75, 3.05) is 12.3 Å². The van der Waals surface area contributed by atoms with Gasteiger partial charge in [0.05, 0.1) is 22.3 Å². The van der Waals surface area contributed by atoms with Crippen LogP contribution in [0.15, 0.2) is 164 Å². The van der Waals surface area contributed by atoms with E-state index in [2.05, 4.69) is 19.1 Å². The summed E-state index contributed by atoms with van der Waals surface area (Å²) in [5.74, 6) is -2.85. The molecule has 6 aromatic rings. The summed E-state index contributed by atoms with van der Waals surface area (Å²) < 4.78 is 38.1. The molecule has 6 aromatic carbocycles. The molecule has 2 N–H and O–H groups in total. The fourth-order valence-electron chi connectivity index (χ4n) is 6.95. The molecule has 11 heteroatoms. The predicted molar refractivity (Wildman–Crippen MR) is 227 cm³/mol. The predicted octanol–water partition coefficient (Wildman–Crippen LogP) is 8.45. The Bertz CT molecular complexity index is 2430. The third-order valence-corrected chi connectivity index (χ3v) is 10.3. The lowest BCUT2D eigenvalue weighted by atomic mass is 9.87. The third kappa shape index (κ3) is 10.3. The molecule has 61 heavy (non-hydrogen) atoms. The smallest absolute Gasteiger partial charge is 0.338 e.